The predicted molar refractivity (Wildman–Crippen MR) is 78.0 cm³/mol. The van der Waals surface area contributed by atoms with Crippen LogP contribution < -0.4 is 0 Å². The number of aromatic nitrogens is 1. The van der Waals surface area contributed by atoms with Gasteiger partial charge in [-0.15, -0.1) is 11.3 Å². The molecule has 1 fully saturated rings. The molecule has 0 spiro atoms. The summed E-state index contributed by atoms with van der Waals surface area (Å²) in [6, 6.07) is 8.46. The average Bonchev–Trinajstić information content (AvgIpc) is 2.95. The number of hydrogen-bond donors (Lipinski definition) is 0. The molecule has 0 unspecified atom stereocenters. The SMILES string of the molecule is BrCC1(Cc2nc3ccccc3s2)CCCC1. The highest BCUT2D eigenvalue weighted by Gasteiger charge is 2.33. The van der Waals surface area contributed by atoms with E-state index in [1.165, 1.54) is 35.4 Å². The third-order valence-corrected chi connectivity index (χ3v) is 6.04. The molecule has 1 aromatic heterocycles. The van der Waals surface area contributed by atoms with Gasteiger partial charge in [-0.3, -0.25) is 0 Å². The summed E-state index contributed by atoms with van der Waals surface area (Å²) in [4.78, 5) is 4.77. The Morgan fingerprint density at radius 3 is 2.71 bits per heavy atom. The van der Waals surface area contributed by atoms with Gasteiger partial charge in [0, 0.05) is 11.8 Å². The maximum absolute atomic E-state index is 4.77. The Balaban J connectivity index is 1.89. The van der Waals surface area contributed by atoms with Crippen molar-refractivity contribution in [2.45, 2.75) is 32.1 Å². The Morgan fingerprint density at radius 1 is 1.24 bits per heavy atom. The van der Waals surface area contributed by atoms with Gasteiger partial charge in [-0.05, 0) is 30.4 Å². The van der Waals surface area contributed by atoms with Gasteiger partial charge in [0.15, 0.2) is 0 Å². The van der Waals surface area contributed by atoms with Crippen LogP contribution in [0.3, 0.4) is 0 Å². The highest BCUT2D eigenvalue weighted by molar-refractivity contribution is 9.09. The third-order valence-electron chi connectivity index (χ3n) is 3.81. The van der Waals surface area contributed by atoms with Crippen LogP contribution in [-0.4, -0.2) is 10.3 Å². The van der Waals surface area contributed by atoms with Crippen LogP contribution in [0.4, 0.5) is 0 Å². The van der Waals surface area contributed by atoms with Crippen molar-refractivity contribution in [1.82, 2.24) is 4.98 Å². The largest absolute Gasteiger partial charge is 0.241 e. The molecule has 1 aliphatic carbocycles. The fourth-order valence-corrected chi connectivity index (χ4v) is 4.70. The molecule has 1 heterocycles. The van der Waals surface area contributed by atoms with Crippen molar-refractivity contribution in [3.63, 3.8) is 0 Å². The predicted octanol–water partition coefficient (Wildman–Crippen LogP) is 4.79. The number of alkyl halides is 1. The van der Waals surface area contributed by atoms with Crippen molar-refractivity contribution in [3.8, 4) is 0 Å². The number of para-hydroxylation sites is 1. The van der Waals surface area contributed by atoms with Crippen LogP contribution in [0.5, 0.6) is 0 Å². The second kappa shape index (κ2) is 4.69. The summed E-state index contributed by atoms with van der Waals surface area (Å²) < 4.78 is 1.32. The smallest absolute Gasteiger partial charge is 0.0944 e. The molecule has 1 aromatic carbocycles. The number of nitrogens with zero attached hydrogens (tertiary/aromatic N) is 1. The lowest BCUT2D eigenvalue weighted by Crippen LogP contribution is -2.21. The van der Waals surface area contributed by atoms with Crippen LogP contribution in [0.15, 0.2) is 24.3 Å². The minimum Gasteiger partial charge on any atom is -0.241 e. The number of benzene rings is 1. The normalized spacial score (nSPS) is 18.9. The molecule has 0 N–H and O–H groups in total. The Bertz CT molecular complexity index is 481. The van der Waals surface area contributed by atoms with Gasteiger partial charge in [0.2, 0.25) is 0 Å². The van der Waals surface area contributed by atoms with Gasteiger partial charge >= 0.3 is 0 Å². The Hall–Kier alpha value is -0.410. The molecule has 2 aromatic rings. The molecule has 0 radical (unpaired) electrons. The molecular formula is C14H16BrNS. The lowest BCUT2D eigenvalue weighted by molar-refractivity contribution is 0.346. The summed E-state index contributed by atoms with van der Waals surface area (Å²) >= 11 is 5.58. The minimum atomic E-state index is 0.480. The van der Waals surface area contributed by atoms with Gasteiger partial charge in [0.05, 0.1) is 15.2 Å². The van der Waals surface area contributed by atoms with E-state index in [2.05, 4.69) is 40.2 Å². The molecule has 3 rings (SSSR count). The number of fused-ring (bicyclic) bond motifs is 1. The van der Waals surface area contributed by atoms with Crippen molar-refractivity contribution in [1.29, 1.82) is 0 Å². The number of rotatable bonds is 3. The maximum Gasteiger partial charge on any atom is 0.0944 e. The molecule has 1 saturated carbocycles. The van der Waals surface area contributed by atoms with Crippen LogP contribution >= 0.6 is 27.3 Å². The summed E-state index contributed by atoms with van der Waals surface area (Å²) in [6.07, 6.45) is 6.63. The lowest BCUT2D eigenvalue weighted by Gasteiger charge is -2.24. The van der Waals surface area contributed by atoms with E-state index in [-0.39, 0.29) is 0 Å². The van der Waals surface area contributed by atoms with Crippen LogP contribution in [0.1, 0.15) is 30.7 Å². The second-order valence-electron chi connectivity index (χ2n) is 5.09. The molecule has 0 aliphatic heterocycles. The molecule has 90 valence electrons. The Morgan fingerprint density at radius 2 is 2.00 bits per heavy atom. The molecule has 1 nitrogen and oxygen atoms in total. The molecule has 0 amide bonds. The van der Waals surface area contributed by atoms with Crippen molar-refractivity contribution in [3.05, 3.63) is 29.3 Å². The summed E-state index contributed by atoms with van der Waals surface area (Å²) in [6.45, 7) is 0. The first kappa shape index (κ1) is 11.7. The fourth-order valence-electron chi connectivity index (χ4n) is 2.80. The molecule has 1 aliphatic rings. The first-order valence-electron chi connectivity index (χ1n) is 6.22. The van der Waals surface area contributed by atoms with E-state index in [1.807, 2.05) is 11.3 Å². The highest BCUT2D eigenvalue weighted by Crippen LogP contribution is 2.43. The van der Waals surface area contributed by atoms with E-state index >= 15 is 0 Å². The first-order chi connectivity index (χ1) is 8.31. The number of halogens is 1. The van der Waals surface area contributed by atoms with Gasteiger partial charge < -0.3 is 0 Å². The summed E-state index contributed by atoms with van der Waals surface area (Å²) in [5, 5.41) is 2.43. The lowest BCUT2D eigenvalue weighted by atomic mass is 9.85. The number of thiazole rings is 1. The molecule has 0 atom stereocenters. The highest BCUT2D eigenvalue weighted by atomic mass is 79.9. The summed E-state index contributed by atoms with van der Waals surface area (Å²) in [5.74, 6) is 0. The van der Waals surface area contributed by atoms with Gasteiger partial charge in [-0.25, -0.2) is 4.98 Å². The number of hydrogen-bond acceptors (Lipinski definition) is 2. The van der Waals surface area contributed by atoms with E-state index in [1.54, 1.807) is 0 Å². The third kappa shape index (κ3) is 2.27. The van der Waals surface area contributed by atoms with Crippen molar-refractivity contribution < 1.29 is 0 Å². The Labute approximate surface area is 114 Å². The quantitative estimate of drug-likeness (QED) is 0.743. The maximum atomic E-state index is 4.77. The topological polar surface area (TPSA) is 12.9 Å². The van der Waals surface area contributed by atoms with Crippen LogP contribution in [0, 0.1) is 5.41 Å². The standard InChI is InChI=1S/C14H16BrNS/c15-10-14(7-3-4-8-14)9-13-16-11-5-1-2-6-12(11)17-13/h1-2,5-6H,3-4,7-10H2. The second-order valence-corrected chi connectivity index (χ2v) is 6.77. The fraction of sp³-hybridized carbons (Fsp3) is 0.500. The summed E-state index contributed by atoms with van der Waals surface area (Å²) in [5.41, 5.74) is 1.64. The molecular weight excluding hydrogens is 294 g/mol. The zero-order valence-electron chi connectivity index (χ0n) is 9.79. The van der Waals surface area contributed by atoms with E-state index in [4.69, 9.17) is 4.98 Å². The molecule has 3 heteroatoms. The first-order valence-corrected chi connectivity index (χ1v) is 8.16. The van der Waals surface area contributed by atoms with E-state index < -0.39 is 0 Å². The van der Waals surface area contributed by atoms with Gasteiger partial charge in [-0.1, -0.05) is 40.9 Å². The molecule has 0 bridgehead atoms. The minimum absolute atomic E-state index is 0.480. The Kier molecular flexibility index (Phi) is 3.22. The molecule has 17 heavy (non-hydrogen) atoms. The summed E-state index contributed by atoms with van der Waals surface area (Å²) in [7, 11) is 0. The van der Waals surface area contributed by atoms with E-state index in [9.17, 15) is 0 Å². The monoisotopic (exact) mass is 309 g/mol. The van der Waals surface area contributed by atoms with Crippen molar-refractivity contribution in [2.75, 3.05) is 5.33 Å². The van der Waals surface area contributed by atoms with Gasteiger partial charge in [0.1, 0.15) is 0 Å². The average molecular weight is 310 g/mol. The van der Waals surface area contributed by atoms with Gasteiger partial charge in [-0.2, -0.15) is 0 Å². The van der Waals surface area contributed by atoms with Gasteiger partial charge in [0.25, 0.3) is 0 Å². The van der Waals surface area contributed by atoms with Crippen LogP contribution in [0.2, 0.25) is 0 Å². The zero-order chi connectivity index (χ0) is 11.7. The molecule has 0 saturated heterocycles. The van der Waals surface area contributed by atoms with Crippen LogP contribution in [-0.2, 0) is 6.42 Å². The van der Waals surface area contributed by atoms with Crippen LogP contribution in [0.25, 0.3) is 10.2 Å². The van der Waals surface area contributed by atoms with Crippen molar-refractivity contribution in [2.24, 2.45) is 5.41 Å². The van der Waals surface area contributed by atoms with Crippen molar-refractivity contribution >= 4 is 37.5 Å². The van der Waals surface area contributed by atoms with E-state index in [0.717, 1.165) is 17.3 Å². The zero-order valence-corrected chi connectivity index (χ0v) is 12.2. The van der Waals surface area contributed by atoms with E-state index in [0.29, 0.717) is 5.41 Å².